The molecule has 1 unspecified atom stereocenters. The Morgan fingerprint density at radius 2 is 1.39 bits per heavy atom. The molecule has 0 spiro atoms. The monoisotopic (exact) mass is 307 g/mol. The van der Waals surface area contributed by atoms with Gasteiger partial charge in [-0.2, -0.15) is 0 Å². The van der Waals surface area contributed by atoms with Crippen LogP contribution in [0.5, 0.6) is 0 Å². The van der Waals surface area contributed by atoms with E-state index in [1.165, 1.54) is 4.90 Å². The van der Waals surface area contributed by atoms with Gasteiger partial charge in [-0.25, -0.2) is 0 Å². The van der Waals surface area contributed by atoms with Gasteiger partial charge in [0.25, 0.3) is 0 Å². The highest BCUT2D eigenvalue weighted by Gasteiger charge is 2.36. The van der Waals surface area contributed by atoms with Crippen molar-refractivity contribution in [2.75, 3.05) is 0 Å². The van der Waals surface area contributed by atoms with Crippen molar-refractivity contribution in [1.82, 2.24) is 4.90 Å². The minimum absolute atomic E-state index is 0.0769. The predicted molar refractivity (Wildman–Crippen MR) is 85.7 cm³/mol. The summed E-state index contributed by atoms with van der Waals surface area (Å²) in [7, 11) is 0. The second-order valence-electron chi connectivity index (χ2n) is 5.58. The van der Waals surface area contributed by atoms with Crippen molar-refractivity contribution in [3.05, 3.63) is 71.8 Å². The zero-order chi connectivity index (χ0) is 16.2. The molecule has 0 radical (unpaired) electrons. The standard InChI is InChI=1S/C19H17NO3/c21-17(15-9-5-2-6-10-15)13-16(14-7-3-1-4-8-14)20-18(22)11-12-19(20)23/h1-10,16H,11-13H2. The third-order valence-electron chi connectivity index (χ3n) is 4.06. The molecule has 1 aliphatic rings. The molecule has 23 heavy (non-hydrogen) atoms. The summed E-state index contributed by atoms with van der Waals surface area (Å²) in [6.07, 6.45) is 0.550. The van der Waals surface area contributed by atoms with Crippen molar-refractivity contribution >= 4 is 17.6 Å². The lowest BCUT2D eigenvalue weighted by Gasteiger charge is -2.26. The summed E-state index contributed by atoms with van der Waals surface area (Å²) in [5.74, 6) is -0.485. The molecule has 1 fully saturated rings. The van der Waals surface area contributed by atoms with Gasteiger partial charge in [0.05, 0.1) is 6.04 Å². The van der Waals surface area contributed by atoms with Crippen LogP contribution in [0.2, 0.25) is 0 Å². The molecule has 1 aliphatic heterocycles. The lowest BCUT2D eigenvalue weighted by molar-refractivity contribution is -0.141. The van der Waals surface area contributed by atoms with E-state index in [0.717, 1.165) is 5.56 Å². The van der Waals surface area contributed by atoms with Gasteiger partial charge in [0, 0.05) is 24.8 Å². The molecule has 2 aromatic rings. The minimum atomic E-state index is -0.536. The number of imide groups is 1. The minimum Gasteiger partial charge on any atom is -0.294 e. The number of benzene rings is 2. The van der Waals surface area contributed by atoms with Crippen LogP contribution in [0.3, 0.4) is 0 Å². The lowest BCUT2D eigenvalue weighted by Crippen LogP contribution is -2.34. The fraction of sp³-hybridized carbons (Fsp3) is 0.211. The van der Waals surface area contributed by atoms with Gasteiger partial charge in [-0.15, -0.1) is 0 Å². The first-order valence-corrected chi connectivity index (χ1v) is 7.65. The van der Waals surface area contributed by atoms with Gasteiger partial charge in [0.15, 0.2) is 5.78 Å². The lowest BCUT2D eigenvalue weighted by atomic mass is 9.96. The summed E-state index contributed by atoms with van der Waals surface area (Å²) in [4.78, 5) is 38.0. The molecule has 1 heterocycles. The number of amides is 2. The summed E-state index contributed by atoms with van der Waals surface area (Å²) in [6.45, 7) is 0. The average Bonchev–Trinajstić information content (AvgIpc) is 2.93. The molecule has 0 bridgehead atoms. The van der Waals surface area contributed by atoms with Gasteiger partial charge in [0.2, 0.25) is 11.8 Å². The molecular formula is C19H17NO3. The van der Waals surface area contributed by atoms with Gasteiger partial charge >= 0.3 is 0 Å². The number of hydrogen-bond acceptors (Lipinski definition) is 3. The zero-order valence-corrected chi connectivity index (χ0v) is 12.6. The molecular weight excluding hydrogens is 290 g/mol. The van der Waals surface area contributed by atoms with E-state index in [1.54, 1.807) is 24.3 Å². The maximum atomic E-state index is 12.5. The first kappa shape index (κ1) is 15.2. The van der Waals surface area contributed by atoms with Crippen LogP contribution in [-0.2, 0) is 9.59 Å². The quantitative estimate of drug-likeness (QED) is 0.630. The third kappa shape index (κ3) is 3.21. The van der Waals surface area contributed by atoms with Crippen molar-refractivity contribution in [2.45, 2.75) is 25.3 Å². The zero-order valence-electron chi connectivity index (χ0n) is 12.6. The van der Waals surface area contributed by atoms with Crippen LogP contribution in [0.25, 0.3) is 0 Å². The molecule has 1 atom stereocenters. The summed E-state index contributed by atoms with van der Waals surface area (Å²) in [5, 5.41) is 0. The molecule has 4 heteroatoms. The molecule has 1 saturated heterocycles. The van der Waals surface area contributed by atoms with Crippen LogP contribution in [-0.4, -0.2) is 22.5 Å². The van der Waals surface area contributed by atoms with E-state index >= 15 is 0 Å². The Morgan fingerprint density at radius 3 is 1.96 bits per heavy atom. The van der Waals surface area contributed by atoms with E-state index in [9.17, 15) is 14.4 Å². The van der Waals surface area contributed by atoms with E-state index in [1.807, 2.05) is 36.4 Å². The van der Waals surface area contributed by atoms with E-state index in [0.29, 0.717) is 5.56 Å². The first-order chi connectivity index (χ1) is 11.2. The van der Waals surface area contributed by atoms with Crippen LogP contribution < -0.4 is 0 Å². The van der Waals surface area contributed by atoms with Gasteiger partial charge in [-0.05, 0) is 5.56 Å². The Balaban J connectivity index is 1.91. The average molecular weight is 307 g/mol. The number of ketones is 1. The third-order valence-corrected chi connectivity index (χ3v) is 4.06. The summed E-state index contributed by atoms with van der Waals surface area (Å²) in [6, 6.07) is 17.7. The number of hydrogen-bond donors (Lipinski definition) is 0. The molecule has 4 nitrogen and oxygen atoms in total. The van der Waals surface area contributed by atoms with E-state index in [-0.39, 0.29) is 36.9 Å². The fourth-order valence-electron chi connectivity index (χ4n) is 2.89. The van der Waals surface area contributed by atoms with Gasteiger partial charge in [0.1, 0.15) is 0 Å². The normalized spacial score (nSPS) is 15.7. The van der Waals surface area contributed by atoms with E-state index in [4.69, 9.17) is 0 Å². The van der Waals surface area contributed by atoms with Crippen molar-refractivity contribution in [3.8, 4) is 0 Å². The SMILES string of the molecule is O=C(CC(c1ccccc1)N1C(=O)CCC1=O)c1ccccc1. The number of carbonyl (C=O) groups is 3. The molecule has 116 valence electrons. The van der Waals surface area contributed by atoms with Crippen LogP contribution in [0, 0.1) is 0 Å². The number of carbonyl (C=O) groups excluding carboxylic acids is 3. The Bertz CT molecular complexity index is 709. The molecule has 0 aliphatic carbocycles. The van der Waals surface area contributed by atoms with E-state index < -0.39 is 6.04 Å². The Kier molecular flexibility index (Phi) is 4.33. The highest BCUT2D eigenvalue weighted by atomic mass is 16.2. The number of likely N-dealkylation sites (tertiary alicyclic amines) is 1. The highest BCUT2D eigenvalue weighted by Crippen LogP contribution is 2.30. The molecule has 2 aromatic carbocycles. The van der Waals surface area contributed by atoms with Crippen molar-refractivity contribution < 1.29 is 14.4 Å². The summed E-state index contributed by atoms with van der Waals surface area (Å²) < 4.78 is 0. The van der Waals surface area contributed by atoms with E-state index in [2.05, 4.69) is 0 Å². The van der Waals surface area contributed by atoms with Crippen LogP contribution in [0.4, 0.5) is 0 Å². The van der Waals surface area contributed by atoms with Crippen molar-refractivity contribution in [2.24, 2.45) is 0 Å². The Hall–Kier alpha value is -2.75. The second kappa shape index (κ2) is 6.57. The predicted octanol–water partition coefficient (Wildman–Crippen LogP) is 3.15. The van der Waals surface area contributed by atoms with Gasteiger partial charge in [-0.3, -0.25) is 19.3 Å². The maximum Gasteiger partial charge on any atom is 0.230 e. The summed E-state index contributed by atoms with van der Waals surface area (Å²) >= 11 is 0. The largest absolute Gasteiger partial charge is 0.294 e. The smallest absolute Gasteiger partial charge is 0.230 e. The van der Waals surface area contributed by atoms with Crippen molar-refractivity contribution in [3.63, 3.8) is 0 Å². The highest BCUT2D eigenvalue weighted by molar-refractivity contribution is 6.03. The molecule has 2 amide bonds. The topological polar surface area (TPSA) is 54.5 Å². The van der Waals surface area contributed by atoms with Crippen LogP contribution in [0.1, 0.15) is 41.2 Å². The molecule has 0 saturated carbocycles. The first-order valence-electron chi connectivity index (χ1n) is 7.65. The summed E-state index contributed by atoms with van der Waals surface area (Å²) in [5.41, 5.74) is 1.40. The number of nitrogens with zero attached hydrogens (tertiary/aromatic N) is 1. The van der Waals surface area contributed by atoms with Gasteiger partial charge in [-0.1, -0.05) is 60.7 Å². The molecule has 0 aromatic heterocycles. The fourth-order valence-corrected chi connectivity index (χ4v) is 2.89. The maximum absolute atomic E-state index is 12.5. The number of Topliss-reactive ketones (excluding diaryl/α,β-unsaturated/α-hetero) is 1. The Labute approximate surface area is 134 Å². The van der Waals surface area contributed by atoms with Crippen molar-refractivity contribution in [1.29, 1.82) is 0 Å². The van der Waals surface area contributed by atoms with Crippen LogP contribution in [0.15, 0.2) is 60.7 Å². The van der Waals surface area contributed by atoms with Gasteiger partial charge < -0.3 is 0 Å². The Morgan fingerprint density at radius 1 is 0.870 bits per heavy atom. The molecule has 3 rings (SSSR count). The number of rotatable bonds is 5. The molecule has 0 N–H and O–H groups in total. The second-order valence-corrected chi connectivity index (χ2v) is 5.58. The van der Waals surface area contributed by atoms with Crippen LogP contribution >= 0.6 is 0 Å².